The van der Waals surface area contributed by atoms with E-state index in [1.54, 1.807) is 37.3 Å². The zero-order valence-electron chi connectivity index (χ0n) is 18.6. The summed E-state index contributed by atoms with van der Waals surface area (Å²) < 4.78 is 96.8. The SMILES string of the molecule is CCSC(=S)OC(c1cc(F)c(F)c(F)c1)(c1cc(F)c(F)c(F)c1)[C@H](C)OCc1ccccc1. The summed E-state index contributed by atoms with van der Waals surface area (Å²) in [5.74, 6) is -9.33. The summed E-state index contributed by atoms with van der Waals surface area (Å²) in [6.07, 6.45) is -1.22. The lowest BCUT2D eigenvalue weighted by molar-refractivity contribution is -0.0760. The molecule has 0 aromatic heterocycles. The lowest BCUT2D eigenvalue weighted by Crippen LogP contribution is -2.44. The number of ether oxygens (including phenoxy) is 2. The van der Waals surface area contributed by atoms with Gasteiger partial charge >= 0.3 is 0 Å². The second-order valence-electron chi connectivity index (χ2n) is 7.47. The average molecular weight is 531 g/mol. The molecule has 0 aliphatic heterocycles. The number of benzene rings is 3. The van der Waals surface area contributed by atoms with Gasteiger partial charge in [0.2, 0.25) is 4.38 Å². The lowest BCUT2D eigenvalue weighted by atomic mass is 9.81. The van der Waals surface area contributed by atoms with Crippen molar-refractivity contribution < 1.29 is 35.8 Å². The zero-order valence-corrected chi connectivity index (χ0v) is 20.2. The van der Waals surface area contributed by atoms with Gasteiger partial charge in [0.25, 0.3) is 0 Å². The van der Waals surface area contributed by atoms with E-state index in [1.807, 2.05) is 0 Å². The topological polar surface area (TPSA) is 18.5 Å². The number of hydrogen-bond donors (Lipinski definition) is 0. The maximum atomic E-state index is 14.4. The molecule has 3 aromatic carbocycles. The molecular weight excluding hydrogens is 510 g/mol. The van der Waals surface area contributed by atoms with Crippen molar-refractivity contribution in [1.82, 2.24) is 0 Å². The lowest BCUT2D eigenvalue weighted by Gasteiger charge is -2.40. The monoisotopic (exact) mass is 530 g/mol. The standard InChI is InChI=1S/C25H20F6O2S2/c1-3-35-24(34)33-25(16-9-18(26)22(30)19(27)10-16,17-11-20(28)23(31)21(29)12-17)14(2)32-13-15-7-5-4-6-8-15/h4-12,14H,3,13H2,1-2H3/t14-/m0/s1. The van der Waals surface area contributed by atoms with Gasteiger partial charge in [-0.15, -0.1) is 0 Å². The van der Waals surface area contributed by atoms with Crippen LogP contribution < -0.4 is 0 Å². The Morgan fingerprint density at radius 3 is 1.74 bits per heavy atom. The maximum Gasteiger partial charge on any atom is 0.221 e. The van der Waals surface area contributed by atoms with Crippen molar-refractivity contribution in [3.63, 3.8) is 0 Å². The van der Waals surface area contributed by atoms with Crippen LogP contribution in [0, 0.1) is 34.9 Å². The predicted octanol–water partition coefficient (Wildman–Crippen LogP) is 7.42. The van der Waals surface area contributed by atoms with E-state index in [4.69, 9.17) is 21.7 Å². The van der Waals surface area contributed by atoms with Gasteiger partial charge in [-0.25, -0.2) is 26.3 Å². The molecule has 0 heterocycles. The third-order valence-electron chi connectivity index (χ3n) is 5.25. The molecule has 3 aromatic rings. The van der Waals surface area contributed by atoms with Crippen molar-refractivity contribution in [1.29, 1.82) is 0 Å². The summed E-state index contributed by atoms with van der Waals surface area (Å²) in [6.45, 7) is 3.16. The van der Waals surface area contributed by atoms with Crippen molar-refractivity contribution in [3.05, 3.63) is 106 Å². The molecule has 2 nitrogen and oxygen atoms in total. The molecule has 186 valence electrons. The first-order chi connectivity index (χ1) is 16.6. The molecule has 0 spiro atoms. The van der Waals surface area contributed by atoms with Gasteiger partial charge < -0.3 is 9.47 Å². The fourth-order valence-electron chi connectivity index (χ4n) is 3.57. The van der Waals surface area contributed by atoms with Crippen LogP contribution in [0.1, 0.15) is 30.5 Å². The molecule has 0 unspecified atom stereocenters. The Kier molecular flexibility index (Phi) is 8.84. The minimum absolute atomic E-state index is 0.0287. The molecule has 0 fully saturated rings. The quantitative estimate of drug-likeness (QED) is 0.171. The van der Waals surface area contributed by atoms with Gasteiger partial charge in [-0.3, -0.25) is 0 Å². The van der Waals surface area contributed by atoms with Gasteiger partial charge in [-0.2, -0.15) is 0 Å². The highest BCUT2D eigenvalue weighted by Crippen LogP contribution is 2.42. The van der Waals surface area contributed by atoms with Gasteiger partial charge in [0.15, 0.2) is 40.5 Å². The Labute approximate surface area is 208 Å². The molecule has 10 heteroatoms. The fraction of sp³-hybridized carbons (Fsp3) is 0.240. The molecular formula is C25H20F6O2S2. The Balaban J connectivity index is 2.26. The smallest absolute Gasteiger partial charge is 0.221 e. The van der Waals surface area contributed by atoms with E-state index in [-0.39, 0.29) is 22.1 Å². The number of thioether (sulfide) groups is 1. The van der Waals surface area contributed by atoms with Crippen LogP contribution in [0.2, 0.25) is 0 Å². The molecule has 1 atom stereocenters. The van der Waals surface area contributed by atoms with Gasteiger partial charge in [0.1, 0.15) is 6.10 Å². The van der Waals surface area contributed by atoms with Gasteiger partial charge in [-0.1, -0.05) is 49.0 Å². The van der Waals surface area contributed by atoms with Gasteiger partial charge in [0.05, 0.1) is 6.61 Å². The van der Waals surface area contributed by atoms with Crippen molar-refractivity contribution in [2.45, 2.75) is 32.2 Å². The third kappa shape index (κ3) is 5.82. The number of rotatable bonds is 8. The van der Waals surface area contributed by atoms with E-state index in [9.17, 15) is 26.3 Å². The van der Waals surface area contributed by atoms with Crippen LogP contribution in [0.4, 0.5) is 26.3 Å². The van der Waals surface area contributed by atoms with E-state index in [2.05, 4.69) is 0 Å². The summed E-state index contributed by atoms with van der Waals surface area (Å²) in [7, 11) is 0. The highest BCUT2D eigenvalue weighted by molar-refractivity contribution is 8.22. The molecule has 0 radical (unpaired) electrons. The Hall–Kier alpha value is -2.56. The normalized spacial score (nSPS) is 12.5. The number of halogens is 6. The van der Waals surface area contributed by atoms with E-state index >= 15 is 0 Å². The van der Waals surface area contributed by atoms with Crippen LogP contribution in [0.25, 0.3) is 0 Å². The van der Waals surface area contributed by atoms with Crippen LogP contribution in [0.5, 0.6) is 0 Å². The first kappa shape index (κ1) is 27.0. The van der Waals surface area contributed by atoms with E-state index in [0.29, 0.717) is 35.6 Å². The van der Waals surface area contributed by atoms with Crippen LogP contribution >= 0.6 is 24.0 Å². The minimum Gasteiger partial charge on any atom is -0.459 e. The van der Waals surface area contributed by atoms with Crippen molar-refractivity contribution in [2.75, 3.05) is 5.75 Å². The molecule has 0 bridgehead atoms. The molecule has 0 saturated heterocycles. The van der Waals surface area contributed by atoms with Crippen LogP contribution in [0.15, 0.2) is 54.6 Å². The number of thiocarbonyl (C=S) groups is 1. The molecule has 0 saturated carbocycles. The molecule has 0 aliphatic carbocycles. The summed E-state index contributed by atoms with van der Waals surface area (Å²) >= 11 is 6.28. The highest BCUT2D eigenvalue weighted by atomic mass is 32.2. The van der Waals surface area contributed by atoms with Crippen molar-refractivity contribution in [3.8, 4) is 0 Å². The average Bonchev–Trinajstić information content (AvgIpc) is 2.83. The third-order valence-corrected chi connectivity index (χ3v) is 6.29. The molecule has 35 heavy (non-hydrogen) atoms. The summed E-state index contributed by atoms with van der Waals surface area (Å²) in [6, 6.07) is 11.3. The largest absolute Gasteiger partial charge is 0.459 e. The summed E-state index contributed by atoms with van der Waals surface area (Å²) in [4.78, 5) is 0. The van der Waals surface area contributed by atoms with Crippen molar-refractivity contribution in [2.24, 2.45) is 0 Å². The van der Waals surface area contributed by atoms with Crippen molar-refractivity contribution >= 4 is 28.4 Å². The maximum absolute atomic E-state index is 14.4. The number of hydrogen-bond acceptors (Lipinski definition) is 4. The van der Waals surface area contributed by atoms with E-state index in [0.717, 1.165) is 11.8 Å². The summed E-state index contributed by atoms with van der Waals surface area (Å²) in [5, 5.41) is 0. The Morgan fingerprint density at radius 2 is 1.31 bits per heavy atom. The fourth-order valence-corrected chi connectivity index (χ4v) is 4.48. The van der Waals surface area contributed by atoms with Crippen LogP contribution in [-0.2, 0) is 21.7 Å². The van der Waals surface area contributed by atoms with Gasteiger partial charge in [-0.05, 0) is 54.7 Å². The molecule has 0 aliphatic rings. The second-order valence-corrected chi connectivity index (χ2v) is 9.33. The van der Waals surface area contributed by atoms with Crippen LogP contribution in [0.3, 0.4) is 0 Å². The van der Waals surface area contributed by atoms with Crippen LogP contribution in [-0.4, -0.2) is 16.2 Å². The molecule has 0 amide bonds. The molecule has 0 N–H and O–H groups in total. The minimum atomic E-state index is -2.18. The first-order valence-electron chi connectivity index (χ1n) is 10.4. The Bertz CT molecular complexity index is 1100. The zero-order chi connectivity index (χ0) is 25.8. The molecule has 3 rings (SSSR count). The Morgan fingerprint density at radius 1 is 0.857 bits per heavy atom. The second kappa shape index (κ2) is 11.5. The summed E-state index contributed by atoms with van der Waals surface area (Å²) in [5.41, 5.74) is -2.22. The van der Waals surface area contributed by atoms with E-state index < -0.39 is 46.6 Å². The van der Waals surface area contributed by atoms with E-state index in [1.165, 1.54) is 6.92 Å². The van der Waals surface area contributed by atoms with Gasteiger partial charge in [0, 0.05) is 11.1 Å². The highest BCUT2D eigenvalue weighted by Gasteiger charge is 2.46. The predicted molar refractivity (Wildman–Crippen MR) is 126 cm³/mol. The first-order valence-corrected chi connectivity index (χ1v) is 11.8.